The molecule has 0 radical (unpaired) electrons. The van der Waals surface area contributed by atoms with E-state index in [1.54, 1.807) is 0 Å². The number of likely N-dealkylation sites (tertiary alicyclic amines) is 1. The van der Waals surface area contributed by atoms with Gasteiger partial charge in [-0.1, -0.05) is 12.1 Å². The molecule has 2 N–H and O–H groups in total. The highest BCUT2D eigenvalue weighted by molar-refractivity contribution is 5.95. The predicted octanol–water partition coefficient (Wildman–Crippen LogP) is 1.74. The summed E-state index contributed by atoms with van der Waals surface area (Å²) in [6.07, 6.45) is 1.06. The molecule has 0 spiro atoms. The van der Waals surface area contributed by atoms with Gasteiger partial charge in [0.05, 0.1) is 0 Å². The van der Waals surface area contributed by atoms with Crippen molar-refractivity contribution in [3.63, 3.8) is 0 Å². The summed E-state index contributed by atoms with van der Waals surface area (Å²) in [5.74, 6) is 1.50. The van der Waals surface area contributed by atoms with Crippen molar-refractivity contribution >= 4 is 30.7 Å². The van der Waals surface area contributed by atoms with E-state index < -0.39 is 0 Å². The summed E-state index contributed by atoms with van der Waals surface area (Å²) in [7, 11) is 0. The van der Waals surface area contributed by atoms with Crippen LogP contribution in [0.25, 0.3) is 11.4 Å². The Balaban J connectivity index is 0.00000131. The molecule has 0 aliphatic carbocycles. The van der Waals surface area contributed by atoms with E-state index in [2.05, 4.69) is 25.4 Å². The molecule has 27 heavy (non-hydrogen) atoms. The average molecular weight is 413 g/mol. The fourth-order valence-corrected chi connectivity index (χ4v) is 3.72. The van der Waals surface area contributed by atoms with E-state index in [-0.39, 0.29) is 30.7 Å². The molecule has 7 nitrogen and oxygen atoms in total. The Morgan fingerprint density at radius 2 is 1.96 bits per heavy atom. The van der Waals surface area contributed by atoms with Crippen LogP contribution in [-0.2, 0) is 0 Å². The number of aromatic nitrogens is 3. The molecule has 4 rings (SSSR count). The molecule has 2 fully saturated rings. The van der Waals surface area contributed by atoms with Crippen molar-refractivity contribution < 1.29 is 4.79 Å². The number of aryl methyl sites for hydroxylation is 1. The highest BCUT2D eigenvalue weighted by Gasteiger charge is 2.31. The summed E-state index contributed by atoms with van der Waals surface area (Å²) in [5.41, 5.74) is 1.58. The van der Waals surface area contributed by atoms with Crippen LogP contribution in [-0.4, -0.2) is 76.2 Å². The van der Waals surface area contributed by atoms with Crippen LogP contribution in [0.2, 0.25) is 0 Å². The van der Waals surface area contributed by atoms with Crippen LogP contribution in [0.1, 0.15) is 22.6 Å². The van der Waals surface area contributed by atoms with Crippen LogP contribution >= 0.6 is 24.8 Å². The molecule has 2 aliphatic heterocycles. The van der Waals surface area contributed by atoms with Gasteiger partial charge < -0.3 is 10.2 Å². The first-order valence-electron chi connectivity index (χ1n) is 8.94. The second-order valence-corrected chi connectivity index (χ2v) is 6.80. The minimum absolute atomic E-state index is 0. The third-order valence-corrected chi connectivity index (χ3v) is 5.08. The highest BCUT2D eigenvalue weighted by atomic mass is 35.5. The van der Waals surface area contributed by atoms with Gasteiger partial charge in [-0.05, 0) is 25.5 Å². The third kappa shape index (κ3) is 4.79. The topological polar surface area (TPSA) is 77.2 Å². The van der Waals surface area contributed by atoms with Gasteiger partial charge >= 0.3 is 0 Å². The quantitative estimate of drug-likeness (QED) is 0.802. The van der Waals surface area contributed by atoms with E-state index in [1.165, 1.54) is 0 Å². The Morgan fingerprint density at radius 3 is 2.67 bits per heavy atom. The summed E-state index contributed by atoms with van der Waals surface area (Å²) in [5, 5.41) is 10.4. The zero-order chi connectivity index (χ0) is 17.2. The molecule has 1 aromatic heterocycles. The van der Waals surface area contributed by atoms with Gasteiger partial charge in [0.1, 0.15) is 5.82 Å². The van der Waals surface area contributed by atoms with Crippen molar-refractivity contribution in [3.8, 4) is 11.4 Å². The first-order valence-corrected chi connectivity index (χ1v) is 8.94. The van der Waals surface area contributed by atoms with Crippen molar-refractivity contribution in [2.75, 3.05) is 39.3 Å². The summed E-state index contributed by atoms with van der Waals surface area (Å²) in [6.45, 7) is 7.76. The van der Waals surface area contributed by atoms with Crippen molar-refractivity contribution in [1.82, 2.24) is 30.3 Å². The summed E-state index contributed by atoms with van der Waals surface area (Å²) >= 11 is 0. The molecule has 2 aliphatic rings. The predicted molar refractivity (Wildman–Crippen MR) is 110 cm³/mol. The molecule has 1 amide bonds. The van der Waals surface area contributed by atoms with Crippen LogP contribution in [0.4, 0.5) is 0 Å². The first kappa shape index (κ1) is 21.6. The van der Waals surface area contributed by atoms with Gasteiger partial charge in [-0.25, -0.2) is 4.98 Å². The van der Waals surface area contributed by atoms with Gasteiger partial charge in [0, 0.05) is 56.4 Å². The molecular weight excluding hydrogens is 387 g/mol. The molecule has 0 bridgehead atoms. The molecule has 0 saturated carbocycles. The molecule has 148 valence electrons. The van der Waals surface area contributed by atoms with Gasteiger partial charge in [0.15, 0.2) is 5.82 Å². The number of H-pyrrole nitrogens is 1. The number of nitrogens with zero attached hydrogens (tertiary/aromatic N) is 4. The van der Waals surface area contributed by atoms with E-state index in [4.69, 9.17) is 0 Å². The van der Waals surface area contributed by atoms with Crippen molar-refractivity contribution in [2.45, 2.75) is 19.4 Å². The van der Waals surface area contributed by atoms with Gasteiger partial charge in [-0.2, -0.15) is 5.10 Å². The van der Waals surface area contributed by atoms with Crippen LogP contribution in [0.15, 0.2) is 24.3 Å². The Kier molecular flexibility index (Phi) is 7.61. The summed E-state index contributed by atoms with van der Waals surface area (Å²) < 4.78 is 0. The Morgan fingerprint density at radius 1 is 1.19 bits per heavy atom. The molecule has 9 heteroatoms. The molecular formula is C18H26Cl2N6O. The molecule has 1 atom stereocenters. The third-order valence-electron chi connectivity index (χ3n) is 5.08. The molecule has 1 aromatic carbocycles. The zero-order valence-electron chi connectivity index (χ0n) is 15.4. The second-order valence-electron chi connectivity index (χ2n) is 6.80. The lowest BCUT2D eigenvalue weighted by molar-refractivity contribution is 0.0773. The van der Waals surface area contributed by atoms with Crippen molar-refractivity contribution in [1.29, 1.82) is 0 Å². The van der Waals surface area contributed by atoms with E-state index in [9.17, 15) is 4.79 Å². The summed E-state index contributed by atoms with van der Waals surface area (Å²) in [4.78, 5) is 21.8. The van der Waals surface area contributed by atoms with Crippen LogP contribution in [0.3, 0.4) is 0 Å². The highest BCUT2D eigenvalue weighted by Crippen LogP contribution is 2.21. The Hall–Kier alpha value is -1.67. The lowest BCUT2D eigenvalue weighted by Crippen LogP contribution is -2.49. The van der Waals surface area contributed by atoms with Gasteiger partial charge in [0.2, 0.25) is 0 Å². The normalized spacial score (nSPS) is 20.0. The first-order chi connectivity index (χ1) is 12.2. The standard InChI is InChI=1S/C18H24N6O.2ClH/c1-13-20-17(22-21-13)14-3-2-4-15(11-14)18(25)24-8-5-16(12-24)23-9-6-19-7-10-23;;/h2-4,11,16,19H,5-10,12H2,1H3,(H,20,21,22);2*1H. The smallest absolute Gasteiger partial charge is 0.253 e. The van der Waals surface area contributed by atoms with E-state index in [1.807, 2.05) is 36.1 Å². The lowest BCUT2D eigenvalue weighted by Gasteiger charge is -2.32. The number of benzene rings is 1. The molecule has 2 aromatic rings. The number of aromatic amines is 1. The van der Waals surface area contributed by atoms with Crippen LogP contribution in [0, 0.1) is 6.92 Å². The van der Waals surface area contributed by atoms with Crippen molar-refractivity contribution in [3.05, 3.63) is 35.7 Å². The number of carbonyl (C=O) groups is 1. The summed E-state index contributed by atoms with van der Waals surface area (Å²) in [6, 6.07) is 8.10. The van der Waals surface area contributed by atoms with Gasteiger partial charge in [0.25, 0.3) is 5.91 Å². The molecule has 3 heterocycles. The number of piperazine rings is 1. The number of carbonyl (C=O) groups excluding carboxylic acids is 1. The molecule has 1 unspecified atom stereocenters. The molecule has 2 saturated heterocycles. The monoisotopic (exact) mass is 412 g/mol. The lowest BCUT2D eigenvalue weighted by atomic mass is 10.1. The number of halogens is 2. The fraction of sp³-hybridized carbons (Fsp3) is 0.500. The number of amides is 1. The minimum atomic E-state index is 0. The van der Waals surface area contributed by atoms with Crippen LogP contribution in [0.5, 0.6) is 0 Å². The van der Waals surface area contributed by atoms with E-state index in [0.717, 1.165) is 57.1 Å². The average Bonchev–Trinajstić information content (AvgIpc) is 3.31. The maximum Gasteiger partial charge on any atom is 0.253 e. The maximum atomic E-state index is 12.9. The Labute approximate surface area is 171 Å². The minimum Gasteiger partial charge on any atom is -0.337 e. The Bertz CT molecular complexity index is 762. The van der Waals surface area contributed by atoms with Crippen molar-refractivity contribution in [2.24, 2.45) is 0 Å². The SMILES string of the molecule is Cc1nc(-c2cccc(C(=O)N3CCC(N4CCNCC4)C3)c2)n[nH]1.Cl.Cl. The zero-order valence-corrected chi connectivity index (χ0v) is 17.0. The van der Waals surface area contributed by atoms with E-state index in [0.29, 0.717) is 17.4 Å². The second kappa shape index (κ2) is 9.50. The number of rotatable bonds is 3. The maximum absolute atomic E-state index is 12.9. The number of hydrogen-bond donors (Lipinski definition) is 2. The largest absolute Gasteiger partial charge is 0.337 e. The van der Waals surface area contributed by atoms with Gasteiger partial charge in [-0.15, -0.1) is 24.8 Å². The van der Waals surface area contributed by atoms with E-state index >= 15 is 0 Å². The fourth-order valence-electron chi connectivity index (χ4n) is 3.72. The van der Waals surface area contributed by atoms with Gasteiger partial charge in [-0.3, -0.25) is 14.8 Å². The van der Waals surface area contributed by atoms with Crippen LogP contribution < -0.4 is 5.32 Å². The number of hydrogen-bond acceptors (Lipinski definition) is 5. The number of nitrogens with one attached hydrogen (secondary N) is 2.